The van der Waals surface area contributed by atoms with Gasteiger partial charge in [0.1, 0.15) is 0 Å². The second kappa shape index (κ2) is 4.10. The molecular weight excluding hydrogens is 164 g/mol. The molecule has 0 saturated heterocycles. The van der Waals surface area contributed by atoms with Crippen molar-refractivity contribution in [2.75, 3.05) is 5.75 Å². The van der Waals surface area contributed by atoms with Crippen molar-refractivity contribution in [2.24, 2.45) is 0 Å². The van der Waals surface area contributed by atoms with Gasteiger partial charge < -0.3 is 9.11 Å². The maximum atomic E-state index is 10.1. The van der Waals surface area contributed by atoms with E-state index in [1.54, 1.807) is 0 Å². The van der Waals surface area contributed by atoms with Gasteiger partial charge in [-0.3, -0.25) is 0 Å². The van der Waals surface area contributed by atoms with Gasteiger partial charge in [0.05, 0.1) is 11.0 Å². The molecule has 0 spiro atoms. The van der Waals surface area contributed by atoms with E-state index in [0.29, 0.717) is 0 Å². The second-order valence-corrected chi connectivity index (χ2v) is 3.91. The molecule has 0 heterocycles. The van der Waals surface area contributed by atoms with Crippen LogP contribution in [-0.2, 0) is 22.2 Å². The van der Waals surface area contributed by atoms with Crippen LogP contribution in [0.25, 0.3) is 0 Å². The van der Waals surface area contributed by atoms with Crippen LogP contribution in [0.3, 0.4) is 0 Å². The SMILES string of the molecule is CC(CS(=O)O)S(=O)O. The summed E-state index contributed by atoms with van der Waals surface area (Å²) < 4.78 is 36.6. The van der Waals surface area contributed by atoms with Crippen molar-refractivity contribution in [3.63, 3.8) is 0 Å². The molecule has 0 amide bonds. The smallest absolute Gasteiger partial charge is 0.156 e. The molecule has 3 atom stereocenters. The molecule has 6 heteroatoms. The third kappa shape index (κ3) is 4.71. The third-order valence-corrected chi connectivity index (χ3v) is 2.57. The lowest BCUT2D eigenvalue weighted by Gasteiger charge is -2.00. The fourth-order valence-corrected chi connectivity index (χ4v) is 1.48. The summed E-state index contributed by atoms with van der Waals surface area (Å²) in [4.78, 5) is 0. The Balaban J connectivity index is 3.63. The van der Waals surface area contributed by atoms with Crippen LogP contribution in [0, 0.1) is 0 Å². The first-order valence-electron chi connectivity index (χ1n) is 2.21. The van der Waals surface area contributed by atoms with E-state index in [-0.39, 0.29) is 5.75 Å². The maximum absolute atomic E-state index is 10.1. The van der Waals surface area contributed by atoms with Crippen molar-refractivity contribution in [2.45, 2.75) is 12.2 Å². The predicted octanol–water partition coefficient (Wildman–Crippen LogP) is -0.182. The molecule has 0 saturated carbocycles. The fourth-order valence-electron chi connectivity index (χ4n) is 0.259. The van der Waals surface area contributed by atoms with Gasteiger partial charge in [-0.25, -0.2) is 8.42 Å². The van der Waals surface area contributed by atoms with E-state index < -0.39 is 27.4 Å². The van der Waals surface area contributed by atoms with Crippen LogP contribution in [0.2, 0.25) is 0 Å². The minimum atomic E-state index is -1.98. The van der Waals surface area contributed by atoms with Gasteiger partial charge in [0.25, 0.3) is 0 Å². The molecule has 0 aromatic heterocycles. The summed E-state index contributed by atoms with van der Waals surface area (Å²) in [5.74, 6) is -0.150. The summed E-state index contributed by atoms with van der Waals surface area (Å²) in [5, 5.41) is -0.629. The predicted molar refractivity (Wildman–Crippen MR) is 35.9 cm³/mol. The monoisotopic (exact) mass is 172 g/mol. The van der Waals surface area contributed by atoms with Crippen molar-refractivity contribution >= 4 is 22.2 Å². The molecule has 4 nitrogen and oxygen atoms in total. The van der Waals surface area contributed by atoms with Crippen molar-refractivity contribution in [3.8, 4) is 0 Å². The molecule has 2 N–H and O–H groups in total. The molecule has 0 aromatic rings. The van der Waals surface area contributed by atoms with Crippen LogP contribution in [0.15, 0.2) is 0 Å². The third-order valence-electron chi connectivity index (χ3n) is 0.721. The van der Waals surface area contributed by atoms with E-state index in [1.807, 2.05) is 0 Å². The van der Waals surface area contributed by atoms with E-state index >= 15 is 0 Å². The van der Waals surface area contributed by atoms with E-state index in [2.05, 4.69) is 0 Å². The Hall–Kier alpha value is 0.220. The first kappa shape index (κ1) is 9.22. The number of hydrogen-bond acceptors (Lipinski definition) is 2. The molecule has 0 aromatic carbocycles. The molecule has 0 aliphatic rings. The molecular formula is C3H8O4S2. The maximum Gasteiger partial charge on any atom is 0.156 e. The Labute approximate surface area is 58.2 Å². The van der Waals surface area contributed by atoms with Crippen LogP contribution in [0.5, 0.6) is 0 Å². The Kier molecular flexibility index (Phi) is 4.20. The molecule has 0 bridgehead atoms. The van der Waals surface area contributed by atoms with Crippen molar-refractivity contribution in [1.82, 2.24) is 0 Å². The Bertz CT molecular complexity index is 134. The second-order valence-electron chi connectivity index (χ2n) is 1.57. The average molecular weight is 172 g/mol. The minimum absolute atomic E-state index is 0.150. The summed E-state index contributed by atoms with van der Waals surface area (Å²) in [7, 11) is 0. The summed E-state index contributed by atoms with van der Waals surface area (Å²) >= 11 is -3.95. The highest BCUT2D eigenvalue weighted by molar-refractivity contribution is 7.83. The van der Waals surface area contributed by atoms with Crippen LogP contribution in [-0.4, -0.2) is 28.5 Å². The van der Waals surface area contributed by atoms with Gasteiger partial charge in [-0.05, 0) is 6.92 Å². The average Bonchev–Trinajstić information content (AvgIpc) is 1.63. The zero-order valence-electron chi connectivity index (χ0n) is 4.81. The van der Waals surface area contributed by atoms with Gasteiger partial charge in [-0.2, -0.15) is 0 Å². The quantitative estimate of drug-likeness (QED) is 0.579. The zero-order valence-corrected chi connectivity index (χ0v) is 6.44. The highest BCUT2D eigenvalue weighted by Gasteiger charge is 2.10. The summed E-state index contributed by atoms with van der Waals surface area (Å²) in [6, 6.07) is 0. The highest BCUT2D eigenvalue weighted by Crippen LogP contribution is 1.92. The van der Waals surface area contributed by atoms with E-state index in [1.165, 1.54) is 6.92 Å². The van der Waals surface area contributed by atoms with Crippen molar-refractivity contribution < 1.29 is 17.5 Å². The van der Waals surface area contributed by atoms with E-state index in [4.69, 9.17) is 9.11 Å². The Morgan fingerprint density at radius 3 is 2.00 bits per heavy atom. The fraction of sp³-hybridized carbons (Fsp3) is 1.00. The summed E-state index contributed by atoms with van der Waals surface area (Å²) in [6.07, 6.45) is 0. The van der Waals surface area contributed by atoms with Gasteiger partial charge >= 0.3 is 0 Å². The molecule has 0 radical (unpaired) electrons. The van der Waals surface area contributed by atoms with Gasteiger partial charge in [0.15, 0.2) is 22.2 Å². The summed E-state index contributed by atoms with van der Waals surface area (Å²) in [6.45, 7) is 1.43. The lowest BCUT2D eigenvalue weighted by molar-refractivity contribution is 0.544. The molecule has 9 heavy (non-hydrogen) atoms. The molecule has 0 aliphatic carbocycles. The van der Waals surface area contributed by atoms with Crippen LogP contribution in [0.1, 0.15) is 6.92 Å². The lowest BCUT2D eigenvalue weighted by atomic mass is 10.6. The van der Waals surface area contributed by atoms with E-state index in [9.17, 15) is 8.42 Å². The largest absolute Gasteiger partial charge is 0.306 e. The van der Waals surface area contributed by atoms with Gasteiger partial charge in [-0.1, -0.05) is 0 Å². The molecule has 56 valence electrons. The van der Waals surface area contributed by atoms with Gasteiger partial charge in [-0.15, -0.1) is 0 Å². The lowest BCUT2D eigenvalue weighted by Crippen LogP contribution is -2.17. The van der Waals surface area contributed by atoms with E-state index in [0.717, 1.165) is 0 Å². The Morgan fingerprint density at radius 1 is 1.44 bits per heavy atom. The van der Waals surface area contributed by atoms with Crippen LogP contribution >= 0.6 is 0 Å². The standard InChI is InChI=1S/C3H8O4S2/c1-3(9(6)7)2-8(4)5/h3H,2H2,1H3,(H,4,5)(H,6,7). The van der Waals surface area contributed by atoms with Crippen molar-refractivity contribution in [3.05, 3.63) is 0 Å². The molecule has 3 unspecified atom stereocenters. The molecule has 0 fully saturated rings. The highest BCUT2D eigenvalue weighted by atomic mass is 32.2. The first-order valence-corrected chi connectivity index (χ1v) is 4.65. The minimum Gasteiger partial charge on any atom is -0.306 e. The summed E-state index contributed by atoms with van der Waals surface area (Å²) in [5.41, 5.74) is 0. The van der Waals surface area contributed by atoms with Crippen LogP contribution in [0.4, 0.5) is 0 Å². The topological polar surface area (TPSA) is 74.6 Å². The van der Waals surface area contributed by atoms with Gasteiger partial charge in [0, 0.05) is 0 Å². The normalized spacial score (nSPS) is 20.8. The molecule has 0 rings (SSSR count). The zero-order chi connectivity index (χ0) is 7.44. The molecule has 0 aliphatic heterocycles. The van der Waals surface area contributed by atoms with Gasteiger partial charge in [0.2, 0.25) is 0 Å². The number of hydrogen-bond donors (Lipinski definition) is 2. The van der Waals surface area contributed by atoms with Crippen molar-refractivity contribution in [1.29, 1.82) is 0 Å². The Morgan fingerprint density at radius 2 is 1.89 bits per heavy atom. The number of rotatable bonds is 3. The first-order chi connectivity index (χ1) is 4.04. The van der Waals surface area contributed by atoms with Crippen LogP contribution < -0.4 is 0 Å².